The highest BCUT2D eigenvalue weighted by molar-refractivity contribution is 9.10. The largest absolute Gasteiger partial charge is 0.383 e. The van der Waals surface area contributed by atoms with Crippen LogP contribution in [0.3, 0.4) is 0 Å². The van der Waals surface area contributed by atoms with Crippen LogP contribution < -0.4 is 0 Å². The summed E-state index contributed by atoms with van der Waals surface area (Å²) < 4.78 is 8.10. The first-order valence-corrected chi connectivity index (χ1v) is 9.02. The third kappa shape index (κ3) is 3.76. The van der Waals surface area contributed by atoms with Gasteiger partial charge in [0.05, 0.1) is 6.61 Å². The molecule has 7 nitrogen and oxygen atoms in total. The van der Waals surface area contributed by atoms with Crippen molar-refractivity contribution in [3.05, 3.63) is 51.8 Å². The highest BCUT2D eigenvalue weighted by atomic mass is 79.9. The molecule has 0 bridgehead atoms. The molecule has 0 radical (unpaired) electrons. The molecular weight excluding hydrogens is 398 g/mol. The number of aryl methyl sites for hydroxylation is 1. The molecule has 8 heteroatoms. The molecule has 0 atom stereocenters. The number of ether oxygens (including phenoxy) is 1. The number of nitrogens with zero attached hydrogens (tertiary/aromatic N) is 5. The zero-order chi connectivity index (χ0) is 18.7. The van der Waals surface area contributed by atoms with Crippen LogP contribution in [0.2, 0.25) is 0 Å². The first-order valence-electron chi connectivity index (χ1n) is 8.23. The van der Waals surface area contributed by atoms with Gasteiger partial charge in [-0.2, -0.15) is 4.80 Å². The monoisotopic (exact) mass is 417 g/mol. The van der Waals surface area contributed by atoms with E-state index >= 15 is 0 Å². The Morgan fingerprint density at radius 1 is 1.27 bits per heavy atom. The van der Waals surface area contributed by atoms with E-state index in [1.807, 2.05) is 44.2 Å². The average molecular weight is 418 g/mol. The first kappa shape index (κ1) is 18.5. The lowest BCUT2D eigenvalue weighted by Crippen LogP contribution is -2.14. The number of halogens is 1. The predicted molar refractivity (Wildman–Crippen MR) is 101 cm³/mol. The summed E-state index contributed by atoms with van der Waals surface area (Å²) in [6.45, 7) is 5.29. The van der Waals surface area contributed by atoms with Gasteiger partial charge in [0.25, 0.3) is 0 Å². The number of rotatable bonds is 7. The van der Waals surface area contributed by atoms with Crippen molar-refractivity contribution >= 4 is 21.7 Å². The van der Waals surface area contributed by atoms with Crippen molar-refractivity contribution in [1.29, 1.82) is 0 Å². The summed E-state index contributed by atoms with van der Waals surface area (Å²) in [5, 5.41) is 12.4. The molecule has 0 spiro atoms. The van der Waals surface area contributed by atoms with E-state index in [0.717, 1.165) is 28.0 Å². The van der Waals surface area contributed by atoms with Gasteiger partial charge < -0.3 is 9.30 Å². The second-order valence-electron chi connectivity index (χ2n) is 5.98. The lowest BCUT2D eigenvalue weighted by molar-refractivity contribution is 0.0960. The van der Waals surface area contributed by atoms with E-state index in [-0.39, 0.29) is 12.3 Å². The fraction of sp³-hybridized carbons (Fsp3) is 0.333. The number of hydrogen-bond donors (Lipinski definition) is 0. The van der Waals surface area contributed by atoms with Gasteiger partial charge in [-0.15, -0.1) is 10.2 Å². The molecule has 0 aliphatic heterocycles. The molecule has 0 N–H and O–H groups in total. The number of methoxy groups -OCH3 is 1. The molecule has 0 unspecified atom stereocenters. The summed E-state index contributed by atoms with van der Waals surface area (Å²) in [4.78, 5) is 14.0. The highest BCUT2D eigenvalue weighted by Gasteiger charge is 2.18. The third-order valence-electron chi connectivity index (χ3n) is 4.25. The van der Waals surface area contributed by atoms with Gasteiger partial charge in [-0.05, 0) is 37.3 Å². The van der Waals surface area contributed by atoms with Crippen LogP contribution in [0.25, 0.3) is 11.4 Å². The van der Waals surface area contributed by atoms with Gasteiger partial charge in [-0.3, -0.25) is 4.79 Å². The van der Waals surface area contributed by atoms with Gasteiger partial charge in [-0.1, -0.05) is 28.1 Å². The van der Waals surface area contributed by atoms with Crippen molar-refractivity contribution in [2.45, 2.75) is 26.9 Å². The number of Topliss-reactive ketones (excluding diaryl/α,β-unsaturated/α-hetero) is 1. The SMILES string of the molecule is COCCn1c(C)cc(C(=O)Cn2nnc(-c3ccccc3Br)n2)c1C. The Labute approximate surface area is 160 Å². The minimum Gasteiger partial charge on any atom is -0.383 e. The standard InChI is InChI=1S/C18H20BrN5O2/c1-12-10-15(13(2)23(12)8-9-26-3)17(25)11-24-21-18(20-22-24)14-6-4-5-7-16(14)19/h4-7,10H,8-9,11H2,1-3H3. The van der Waals surface area contributed by atoms with Gasteiger partial charge >= 0.3 is 0 Å². The predicted octanol–water partition coefficient (Wildman–Crippen LogP) is 3.05. The molecule has 0 aliphatic rings. The Hall–Kier alpha value is -2.32. The van der Waals surface area contributed by atoms with Crippen molar-refractivity contribution in [3.63, 3.8) is 0 Å². The van der Waals surface area contributed by atoms with Crippen LogP contribution in [0.1, 0.15) is 21.7 Å². The minimum absolute atomic E-state index is 0.0437. The van der Waals surface area contributed by atoms with Gasteiger partial charge in [0.15, 0.2) is 5.78 Å². The Bertz CT molecular complexity index is 932. The van der Waals surface area contributed by atoms with Crippen molar-refractivity contribution < 1.29 is 9.53 Å². The van der Waals surface area contributed by atoms with Crippen molar-refractivity contribution in [2.75, 3.05) is 13.7 Å². The fourth-order valence-corrected chi connectivity index (χ4v) is 3.35. The van der Waals surface area contributed by atoms with E-state index in [1.54, 1.807) is 7.11 Å². The minimum atomic E-state index is -0.0437. The number of aromatic nitrogens is 5. The molecule has 3 aromatic rings. The number of carbonyl (C=O) groups is 1. The molecular formula is C18H20BrN5O2. The molecule has 0 saturated heterocycles. The molecule has 0 aliphatic carbocycles. The van der Waals surface area contributed by atoms with Crippen LogP contribution in [-0.2, 0) is 17.8 Å². The van der Waals surface area contributed by atoms with Crippen LogP contribution in [0, 0.1) is 13.8 Å². The topological polar surface area (TPSA) is 74.8 Å². The van der Waals surface area contributed by atoms with E-state index in [2.05, 4.69) is 35.9 Å². The molecule has 2 heterocycles. The smallest absolute Gasteiger partial charge is 0.206 e. The molecule has 0 amide bonds. The normalized spacial score (nSPS) is 11.1. The number of ketones is 1. The van der Waals surface area contributed by atoms with Crippen molar-refractivity contribution in [3.8, 4) is 11.4 Å². The highest BCUT2D eigenvalue weighted by Crippen LogP contribution is 2.24. The lowest BCUT2D eigenvalue weighted by atomic mass is 10.1. The Kier molecular flexibility index (Phi) is 5.63. The molecule has 1 aromatic carbocycles. The molecule has 0 fully saturated rings. The second kappa shape index (κ2) is 7.92. The lowest BCUT2D eigenvalue weighted by Gasteiger charge is -2.08. The second-order valence-corrected chi connectivity index (χ2v) is 6.83. The van der Waals surface area contributed by atoms with Crippen LogP contribution in [-0.4, -0.2) is 44.3 Å². The maximum atomic E-state index is 12.7. The first-order chi connectivity index (χ1) is 12.5. The summed E-state index contributed by atoms with van der Waals surface area (Å²) >= 11 is 3.47. The zero-order valence-electron chi connectivity index (χ0n) is 14.9. The molecule has 26 heavy (non-hydrogen) atoms. The Morgan fingerprint density at radius 3 is 2.77 bits per heavy atom. The van der Waals surface area contributed by atoms with E-state index in [0.29, 0.717) is 18.0 Å². The maximum absolute atomic E-state index is 12.7. The average Bonchev–Trinajstić information content (AvgIpc) is 3.18. The summed E-state index contributed by atoms with van der Waals surface area (Å²) in [6, 6.07) is 9.54. The Balaban J connectivity index is 1.78. The number of carbonyl (C=O) groups excluding carboxylic acids is 1. The molecule has 0 saturated carbocycles. The van der Waals surface area contributed by atoms with Crippen LogP contribution in [0.15, 0.2) is 34.8 Å². The van der Waals surface area contributed by atoms with Crippen LogP contribution in [0.5, 0.6) is 0 Å². The molecule has 3 rings (SSSR count). The Morgan fingerprint density at radius 2 is 2.04 bits per heavy atom. The van der Waals surface area contributed by atoms with E-state index in [4.69, 9.17) is 4.74 Å². The molecule has 136 valence electrons. The molecule has 2 aromatic heterocycles. The van der Waals surface area contributed by atoms with Gasteiger partial charge in [0, 0.05) is 40.6 Å². The zero-order valence-corrected chi connectivity index (χ0v) is 16.5. The summed E-state index contributed by atoms with van der Waals surface area (Å²) in [6.07, 6.45) is 0. The van der Waals surface area contributed by atoms with Crippen molar-refractivity contribution in [1.82, 2.24) is 24.8 Å². The number of hydrogen-bond acceptors (Lipinski definition) is 5. The maximum Gasteiger partial charge on any atom is 0.206 e. The van der Waals surface area contributed by atoms with E-state index in [9.17, 15) is 4.79 Å². The number of benzene rings is 1. The van der Waals surface area contributed by atoms with E-state index < -0.39 is 0 Å². The fourth-order valence-electron chi connectivity index (χ4n) is 2.88. The van der Waals surface area contributed by atoms with Crippen LogP contribution >= 0.6 is 15.9 Å². The number of tetrazole rings is 1. The third-order valence-corrected chi connectivity index (χ3v) is 4.94. The quantitative estimate of drug-likeness (QED) is 0.552. The van der Waals surface area contributed by atoms with Crippen LogP contribution in [0.4, 0.5) is 0 Å². The van der Waals surface area contributed by atoms with Gasteiger partial charge in [0.2, 0.25) is 5.82 Å². The summed E-state index contributed by atoms with van der Waals surface area (Å²) in [5.41, 5.74) is 3.47. The van der Waals surface area contributed by atoms with Gasteiger partial charge in [0.1, 0.15) is 6.54 Å². The summed E-state index contributed by atoms with van der Waals surface area (Å²) in [7, 11) is 1.67. The van der Waals surface area contributed by atoms with E-state index in [1.165, 1.54) is 4.80 Å². The van der Waals surface area contributed by atoms with Gasteiger partial charge in [-0.25, -0.2) is 0 Å². The van der Waals surface area contributed by atoms with Crippen molar-refractivity contribution in [2.24, 2.45) is 0 Å². The summed E-state index contributed by atoms with van der Waals surface area (Å²) in [5.74, 6) is 0.439.